The van der Waals surface area contributed by atoms with Crippen molar-refractivity contribution in [3.05, 3.63) is 95.3 Å². The molecular formula is C30H27ClFN7O2. The lowest BCUT2D eigenvalue weighted by atomic mass is 10.2. The number of aromatic nitrogens is 4. The molecule has 11 heteroatoms. The Balaban J connectivity index is 1.26. The van der Waals surface area contributed by atoms with Crippen molar-refractivity contribution in [3.8, 4) is 17.1 Å². The first kappa shape index (κ1) is 26.5. The van der Waals surface area contributed by atoms with Crippen molar-refractivity contribution in [1.29, 1.82) is 0 Å². The number of carbonyl (C=O) groups excluding carboxylic acids is 1. The van der Waals surface area contributed by atoms with Gasteiger partial charge in [0.1, 0.15) is 17.4 Å². The number of hydrogen-bond donors (Lipinski definition) is 1. The summed E-state index contributed by atoms with van der Waals surface area (Å²) in [4.78, 5) is 30.7. The molecule has 41 heavy (non-hydrogen) atoms. The summed E-state index contributed by atoms with van der Waals surface area (Å²) in [6.45, 7) is 2.49. The van der Waals surface area contributed by atoms with Crippen LogP contribution in [0.15, 0.2) is 78.9 Å². The number of anilines is 2. The van der Waals surface area contributed by atoms with Crippen LogP contribution in [0.3, 0.4) is 0 Å². The third-order valence-electron chi connectivity index (χ3n) is 6.99. The summed E-state index contributed by atoms with van der Waals surface area (Å²) in [5.41, 5.74) is 9.21. The van der Waals surface area contributed by atoms with Gasteiger partial charge in [-0.25, -0.2) is 9.37 Å². The highest BCUT2D eigenvalue weighted by Gasteiger charge is 2.27. The van der Waals surface area contributed by atoms with Crippen molar-refractivity contribution in [3.63, 3.8) is 0 Å². The Bertz CT molecular complexity index is 1670. The van der Waals surface area contributed by atoms with Gasteiger partial charge in [-0.15, -0.1) is 0 Å². The summed E-state index contributed by atoms with van der Waals surface area (Å²) >= 11 is 5.92. The Morgan fingerprint density at radius 2 is 1.61 bits per heavy atom. The number of halogens is 2. The second kappa shape index (κ2) is 11.4. The monoisotopic (exact) mass is 571 g/mol. The normalized spacial score (nSPS) is 13.5. The number of fused-ring (bicyclic) bond motifs is 1. The van der Waals surface area contributed by atoms with E-state index >= 15 is 0 Å². The molecular weight excluding hydrogens is 545 g/mol. The summed E-state index contributed by atoms with van der Waals surface area (Å²) in [6.07, 6.45) is 0. The van der Waals surface area contributed by atoms with Crippen LogP contribution in [-0.4, -0.2) is 63.1 Å². The number of benzene rings is 3. The lowest BCUT2D eigenvalue weighted by Gasteiger charge is -2.35. The van der Waals surface area contributed by atoms with Crippen molar-refractivity contribution >= 4 is 40.4 Å². The van der Waals surface area contributed by atoms with Gasteiger partial charge in [0, 0.05) is 36.8 Å². The van der Waals surface area contributed by atoms with Crippen LogP contribution in [0, 0.1) is 5.82 Å². The highest BCUT2D eigenvalue weighted by atomic mass is 35.5. The Labute approximate surface area is 241 Å². The zero-order chi connectivity index (χ0) is 28.3. The van der Waals surface area contributed by atoms with E-state index in [0.29, 0.717) is 66.3 Å². The summed E-state index contributed by atoms with van der Waals surface area (Å²) in [6, 6.07) is 23.1. The molecule has 1 fully saturated rings. The molecule has 0 spiro atoms. The van der Waals surface area contributed by atoms with Crippen LogP contribution >= 0.6 is 11.6 Å². The summed E-state index contributed by atoms with van der Waals surface area (Å²) in [5, 5.41) is 0.606. The predicted molar refractivity (Wildman–Crippen MR) is 156 cm³/mol. The van der Waals surface area contributed by atoms with Gasteiger partial charge in [0.05, 0.1) is 6.54 Å². The van der Waals surface area contributed by atoms with Gasteiger partial charge in [-0.2, -0.15) is 9.97 Å². The summed E-state index contributed by atoms with van der Waals surface area (Å²) < 4.78 is 21.4. The van der Waals surface area contributed by atoms with Crippen LogP contribution in [0.4, 0.5) is 16.2 Å². The van der Waals surface area contributed by atoms with Crippen LogP contribution < -0.4 is 15.4 Å². The zero-order valence-corrected chi connectivity index (χ0v) is 22.8. The average molecular weight is 572 g/mol. The number of rotatable bonds is 7. The molecule has 9 nitrogen and oxygen atoms in total. The van der Waals surface area contributed by atoms with Crippen LogP contribution in [-0.2, 0) is 11.3 Å². The maximum atomic E-state index is 13.7. The highest BCUT2D eigenvalue weighted by Crippen LogP contribution is 2.31. The van der Waals surface area contributed by atoms with Gasteiger partial charge in [0.15, 0.2) is 23.6 Å². The summed E-state index contributed by atoms with van der Waals surface area (Å²) in [5.74, 6) is 1.53. The molecule has 0 saturated carbocycles. The van der Waals surface area contributed by atoms with Crippen LogP contribution in [0.2, 0.25) is 5.02 Å². The third-order valence-corrected chi connectivity index (χ3v) is 7.24. The molecule has 1 aliphatic heterocycles. The highest BCUT2D eigenvalue weighted by molar-refractivity contribution is 6.30. The van der Waals surface area contributed by atoms with Gasteiger partial charge in [0.2, 0.25) is 5.95 Å². The van der Waals surface area contributed by atoms with Gasteiger partial charge in [-0.3, -0.25) is 4.79 Å². The van der Waals surface area contributed by atoms with Gasteiger partial charge in [-0.1, -0.05) is 41.9 Å². The molecule has 0 atom stereocenters. The number of nitrogens with two attached hydrogens (primary N) is 1. The molecule has 6 rings (SSSR count). The lowest BCUT2D eigenvalue weighted by molar-refractivity contribution is -0.133. The Morgan fingerprint density at radius 1 is 0.902 bits per heavy atom. The maximum absolute atomic E-state index is 13.7. The van der Waals surface area contributed by atoms with E-state index in [1.807, 2.05) is 34.9 Å². The van der Waals surface area contributed by atoms with Gasteiger partial charge in [0.25, 0.3) is 5.91 Å². The van der Waals surface area contributed by atoms with Gasteiger partial charge >= 0.3 is 0 Å². The largest absolute Gasteiger partial charge is 0.484 e. The van der Waals surface area contributed by atoms with E-state index in [2.05, 4.69) is 14.9 Å². The molecule has 0 unspecified atom stereocenters. The van der Waals surface area contributed by atoms with E-state index in [1.54, 1.807) is 41.3 Å². The smallest absolute Gasteiger partial charge is 0.260 e. The summed E-state index contributed by atoms with van der Waals surface area (Å²) in [7, 11) is 0. The van der Waals surface area contributed by atoms with E-state index in [4.69, 9.17) is 27.1 Å². The van der Waals surface area contributed by atoms with Gasteiger partial charge in [-0.05, 0) is 54.1 Å². The zero-order valence-electron chi connectivity index (χ0n) is 22.1. The lowest BCUT2D eigenvalue weighted by Crippen LogP contribution is -2.50. The minimum atomic E-state index is -0.324. The quantitative estimate of drug-likeness (QED) is 0.303. The first-order chi connectivity index (χ1) is 19.9. The molecule has 2 aromatic heterocycles. The molecule has 1 amide bonds. The number of amides is 1. The molecule has 1 saturated heterocycles. The van der Waals surface area contributed by atoms with E-state index in [1.165, 1.54) is 12.1 Å². The number of carbonyl (C=O) groups is 1. The number of hydrogen-bond acceptors (Lipinski definition) is 7. The second-order valence-electron chi connectivity index (χ2n) is 9.70. The number of ether oxygens (including phenoxy) is 1. The van der Waals surface area contributed by atoms with E-state index in [9.17, 15) is 9.18 Å². The third kappa shape index (κ3) is 5.78. The van der Waals surface area contributed by atoms with E-state index < -0.39 is 0 Å². The number of nitrogen functional groups attached to an aromatic ring is 1. The molecule has 0 aliphatic carbocycles. The Hall–Kier alpha value is -4.70. The van der Waals surface area contributed by atoms with Crippen LogP contribution in [0.1, 0.15) is 5.56 Å². The van der Waals surface area contributed by atoms with E-state index in [-0.39, 0.29) is 24.3 Å². The molecule has 0 radical (unpaired) electrons. The SMILES string of the molecule is Nc1nc(N2CCN(C(=O)COc3ccc(Cl)cc3)CC2)c2nc(-c3ccc(F)cc3)n(Cc3ccccc3)c2n1. The Morgan fingerprint density at radius 3 is 2.32 bits per heavy atom. The topological polar surface area (TPSA) is 102 Å². The molecule has 208 valence electrons. The molecule has 2 N–H and O–H groups in total. The van der Waals surface area contributed by atoms with Crippen LogP contribution in [0.25, 0.3) is 22.6 Å². The molecule has 0 bridgehead atoms. The molecule has 5 aromatic rings. The predicted octanol–water partition coefficient (Wildman–Crippen LogP) is 4.64. The number of imidazole rings is 1. The second-order valence-corrected chi connectivity index (χ2v) is 10.1. The van der Waals surface area contributed by atoms with Crippen molar-refractivity contribution in [2.24, 2.45) is 0 Å². The number of piperazine rings is 1. The van der Waals surface area contributed by atoms with Crippen molar-refractivity contribution in [1.82, 2.24) is 24.4 Å². The minimum absolute atomic E-state index is 0.0583. The maximum Gasteiger partial charge on any atom is 0.260 e. The van der Waals surface area contributed by atoms with Crippen molar-refractivity contribution in [2.45, 2.75) is 6.54 Å². The van der Waals surface area contributed by atoms with Gasteiger partial charge < -0.3 is 24.8 Å². The molecule has 1 aliphatic rings. The van der Waals surface area contributed by atoms with Crippen molar-refractivity contribution < 1.29 is 13.9 Å². The fourth-order valence-electron chi connectivity index (χ4n) is 4.89. The van der Waals surface area contributed by atoms with Crippen molar-refractivity contribution in [2.75, 3.05) is 43.4 Å². The first-order valence-corrected chi connectivity index (χ1v) is 13.6. The molecule has 3 aromatic carbocycles. The Kier molecular flexibility index (Phi) is 7.39. The standard InChI is InChI=1S/C30H27ClFN7O2/c31-22-8-12-24(13-9-22)41-19-25(40)37-14-16-38(17-15-37)28-26-29(36-30(33)35-28)39(18-20-4-2-1-3-5-20)27(34-26)21-6-10-23(32)11-7-21/h1-13H,14-19H2,(H2,33,35,36). The van der Waals surface area contributed by atoms with E-state index in [0.717, 1.165) is 11.1 Å². The number of nitrogens with zero attached hydrogens (tertiary/aromatic N) is 6. The average Bonchev–Trinajstić information content (AvgIpc) is 3.35. The molecule has 3 heterocycles. The minimum Gasteiger partial charge on any atom is -0.484 e. The van der Waals surface area contributed by atoms with Crippen LogP contribution in [0.5, 0.6) is 5.75 Å². The fraction of sp³-hybridized carbons (Fsp3) is 0.200. The first-order valence-electron chi connectivity index (χ1n) is 13.2. The fourth-order valence-corrected chi connectivity index (χ4v) is 5.02.